The molecule has 4 aromatic carbocycles. The quantitative estimate of drug-likeness (QED) is 0.192. The molecule has 2 fully saturated rings. The second-order valence-electron chi connectivity index (χ2n) is 8.97. The van der Waals surface area contributed by atoms with E-state index >= 15 is 0 Å². The number of ether oxygens (including phenoxy) is 1. The van der Waals surface area contributed by atoms with Crippen molar-refractivity contribution in [2.75, 3.05) is 9.96 Å². The Hall–Kier alpha value is -4.46. The minimum Gasteiger partial charge on any atom is -0.423 e. The topological polar surface area (TPSA) is 76.2 Å². The van der Waals surface area contributed by atoms with Crippen molar-refractivity contribution in [2.45, 2.75) is 12.1 Å². The maximum absolute atomic E-state index is 13.7. The Morgan fingerprint density at radius 1 is 0.763 bits per heavy atom. The summed E-state index contributed by atoms with van der Waals surface area (Å²) < 4.78 is 5.51. The first-order valence-corrected chi connectivity index (χ1v) is 12.4. The number of para-hydroxylation sites is 1. The standard InChI is InChI=1S/C30H21ClN2O5/c31-21-10-7-13-23(18-21)32-28(34)25-26(33(38-27(25)29(32)35)22-11-5-2-6-12-22)19-14-16-24(17-15-19)37-30(36)20-8-3-1-4-9-20/h1-18,25-27H/t25-,26-,27+/m0/s1. The van der Waals surface area contributed by atoms with E-state index in [9.17, 15) is 14.4 Å². The minimum atomic E-state index is -0.998. The van der Waals surface area contributed by atoms with Crippen LogP contribution < -0.4 is 14.7 Å². The molecule has 0 radical (unpaired) electrons. The Balaban J connectivity index is 1.33. The first-order valence-electron chi connectivity index (χ1n) is 12.0. The first-order chi connectivity index (χ1) is 18.5. The number of hydrogen-bond acceptors (Lipinski definition) is 6. The van der Waals surface area contributed by atoms with Gasteiger partial charge in [0, 0.05) is 5.02 Å². The predicted octanol–water partition coefficient (Wildman–Crippen LogP) is 5.61. The number of hydrogen-bond donors (Lipinski definition) is 0. The summed E-state index contributed by atoms with van der Waals surface area (Å²) in [6, 6.07) is 30.9. The lowest BCUT2D eigenvalue weighted by Gasteiger charge is -2.28. The molecular formula is C30H21ClN2O5. The van der Waals surface area contributed by atoms with Gasteiger partial charge in [0.2, 0.25) is 5.91 Å². The molecule has 0 N–H and O–H groups in total. The summed E-state index contributed by atoms with van der Waals surface area (Å²) in [6.45, 7) is 0. The third-order valence-electron chi connectivity index (χ3n) is 6.63. The second-order valence-corrected chi connectivity index (χ2v) is 9.41. The number of carbonyl (C=O) groups excluding carboxylic acids is 3. The zero-order valence-corrected chi connectivity index (χ0v) is 20.7. The Kier molecular flexibility index (Phi) is 6.15. The van der Waals surface area contributed by atoms with Crippen LogP contribution in [0.4, 0.5) is 11.4 Å². The van der Waals surface area contributed by atoms with E-state index in [1.165, 1.54) is 0 Å². The Morgan fingerprint density at radius 2 is 1.42 bits per heavy atom. The van der Waals surface area contributed by atoms with Gasteiger partial charge in [-0.05, 0) is 60.2 Å². The SMILES string of the molecule is O=C(Oc1ccc([C@H]2[C@@H]3C(=O)N(c4cccc(Cl)c4)C(=O)[C@@H]3ON2c2ccccc2)cc1)c1ccccc1. The Morgan fingerprint density at radius 3 is 2.11 bits per heavy atom. The van der Waals surface area contributed by atoms with Crippen LogP contribution in [0, 0.1) is 5.92 Å². The van der Waals surface area contributed by atoms with E-state index in [4.69, 9.17) is 21.2 Å². The van der Waals surface area contributed by atoms with Crippen LogP contribution in [0.25, 0.3) is 0 Å². The normalized spacial score (nSPS) is 20.5. The summed E-state index contributed by atoms with van der Waals surface area (Å²) in [7, 11) is 0. The zero-order valence-electron chi connectivity index (χ0n) is 19.9. The van der Waals surface area contributed by atoms with Crippen LogP contribution in [0.2, 0.25) is 5.02 Å². The first kappa shape index (κ1) is 23.9. The minimum absolute atomic E-state index is 0.360. The summed E-state index contributed by atoms with van der Waals surface area (Å²) in [5, 5.41) is 2.04. The monoisotopic (exact) mass is 524 g/mol. The van der Waals surface area contributed by atoms with E-state index in [0.29, 0.717) is 27.7 Å². The fourth-order valence-electron chi connectivity index (χ4n) is 4.90. The van der Waals surface area contributed by atoms with Gasteiger partial charge in [-0.15, -0.1) is 0 Å². The van der Waals surface area contributed by atoms with Gasteiger partial charge >= 0.3 is 5.97 Å². The van der Waals surface area contributed by atoms with Crippen molar-refractivity contribution in [1.29, 1.82) is 0 Å². The van der Waals surface area contributed by atoms with Gasteiger partial charge in [0.15, 0.2) is 6.10 Å². The van der Waals surface area contributed by atoms with Crippen molar-refractivity contribution in [3.63, 3.8) is 0 Å². The second kappa shape index (κ2) is 9.78. The van der Waals surface area contributed by atoms with Crippen molar-refractivity contribution in [3.05, 3.63) is 125 Å². The van der Waals surface area contributed by atoms with Gasteiger partial charge in [0.25, 0.3) is 5.91 Å². The molecule has 6 rings (SSSR count). The number of fused-ring (bicyclic) bond motifs is 1. The lowest BCUT2D eigenvalue weighted by Crippen LogP contribution is -2.37. The van der Waals surface area contributed by atoms with Gasteiger partial charge < -0.3 is 4.74 Å². The molecule has 188 valence electrons. The van der Waals surface area contributed by atoms with Gasteiger partial charge in [-0.2, -0.15) is 0 Å². The molecule has 2 heterocycles. The molecule has 0 unspecified atom stereocenters. The number of anilines is 2. The molecule has 0 aliphatic carbocycles. The highest BCUT2D eigenvalue weighted by Crippen LogP contribution is 2.47. The average molecular weight is 525 g/mol. The molecule has 0 aromatic heterocycles. The summed E-state index contributed by atoms with van der Waals surface area (Å²) in [5.74, 6) is -1.72. The summed E-state index contributed by atoms with van der Waals surface area (Å²) >= 11 is 6.13. The summed E-state index contributed by atoms with van der Waals surface area (Å²) in [6.07, 6.45) is -0.998. The maximum atomic E-state index is 13.7. The van der Waals surface area contributed by atoms with Crippen molar-refractivity contribution in [2.24, 2.45) is 5.92 Å². The van der Waals surface area contributed by atoms with Crippen LogP contribution in [-0.4, -0.2) is 23.9 Å². The van der Waals surface area contributed by atoms with Crippen molar-refractivity contribution in [1.82, 2.24) is 0 Å². The Bertz CT molecular complexity index is 1510. The van der Waals surface area contributed by atoms with Crippen LogP contribution >= 0.6 is 11.6 Å². The number of amides is 2. The zero-order chi connectivity index (χ0) is 26.2. The Labute approximate surface area is 223 Å². The van der Waals surface area contributed by atoms with E-state index in [1.807, 2.05) is 36.4 Å². The molecule has 2 aliphatic heterocycles. The predicted molar refractivity (Wildman–Crippen MR) is 142 cm³/mol. The maximum Gasteiger partial charge on any atom is 0.343 e. The van der Waals surface area contributed by atoms with Gasteiger partial charge in [-0.3, -0.25) is 14.4 Å². The number of halogens is 1. The van der Waals surface area contributed by atoms with E-state index in [1.54, 1.807) is 77.9 Å². The number of carbonyl (C=O) groups is 3. The van der Waals surface area contributed by atoms with Crippen LogP contribution in [0.1, 0.15) is 22.0 Å². The number of esters is 1. The van der Waals surface area contributed by atoms with E-state index < -0.39 is 29.9 Å². The van der Waals surface area contributed by atoms with Crippen LogP contribution in [-0.2, 0) is 14.4 Å². The van der Waals surface area contributed by atoms with E-state index in [-0.39, 0.29) is 5.91 Å². The molecule has 7 nitrogen and oxygen atoms in total. The molecule has 2 aliphatic rings. The number of rotatable bonds is 5. The smallest absolute Gasteiger partial charge is 0.343 e. The van der Waals surface area contributed by atoms with Crippen molar-refractivity contribution >= 4 is 40.8 Å². The molecule has 2 amide bonds. The third-order valence-corrected chi connectivity index (χ3v) is 6.87. The fraction of sp³-hybridized carbons (Fsp3) is 0.100. The summed E-state index contributed by atoms with van der Waals surface area (Å²) in [4.78, 5) is 46.9. The number of benzene rings is 4. The van der Waals surface area contributed by atoms with E-state index in [2.05, 4.69) is 0 Å². The largest absolute Gasteiger partial charge is 0.423 e. The summed E-state index contributed by atoms with van der Waals surface area (Å²) in [5.41, 5.74) is 2.28. The molecule has 0 saturated carbocycles. The highest BCUT2D eigenvalue weighted by molar-refractivity contribution is 6.31. The molecule has 4 aromatic rings. The van der Waals surface area contributed by atoms with Crippen molar-refractivity contribution < 1.29 is 24.0 Å². The fourth-order valence-corrected chi connectivity index (χ4v) is 5.08. The van der Waals surface area contributed by atoms with Crippen LogP contribution in [0.3, 0.4) is 0 Å². The van der Waals surface area contributed by atoms with Gasteiger partial charge in [-0.25, -0.2) is 14.8 Å². The number of imide groups is 1. The molecule has 0 spiro atoms. The molecule has 2 saturated heterocycles. The highest BCUT2D eigenvalue weighted by atomic mass is 35.5. The molecule has 38 heavy (non-hydrogen) atoms. The number of hydroxylamine groups is 1. The van der Waals surface area contributed by atoms with Gasteiger partial charge in [0.1, 0.15) is 11.7 Å². The number of nitrogens with zero attached hydrogens (tertiary/aromatic N) is 2. The average Bonchev–Trinajstić information content (AvgIpc) is 3.45. The van der Waals surface area contributed by atoms with Gasteiger partial charge in [-0.1, -0.05) is 66.2 Å². The van der Waals surface area contributed by atoms with Crippen LogP contribution in [0.5, 0.6) is 5.75 Å². The third kappa shape index (κ3) is 4.22. The highest BCUT2D eigenvalue weighted by Gasteiger charge is 2.60. The lowest BCUT2D eigenvalue weighted by atomic mass is 9.90. The molecule has 3 atom stereocenters. The lowest BCUT2D eigenvalue weighted by molar-refractivity contribution is -0.126. The van der Waals surface area contributed by atoms with Crippen molar-refractivity contribution in [3.8, 4) is 5.75 Å². The van der Waals surface area contributed by atoms with E-state index in [0.717, 1.165) is 10.5 Å². The molecule has 8 heteroatoms. The van der Waals surface area contributed by atoms with Gasteiger partial charge in [0.05, 0.1) is 23.0 Å². The molecule has 0 bridgehead atoms. The molecular weight excluding hydrogens is 504 g/mol. The van der Waals surface area contributed by atoms with Crippen LogP contribution in [0.15, 0.2) is 109 Å².